The average Bonchev–Trinajstić information content (AvgIpc) is 3.35. The Balaban J connectivity index is 1.26. The Bertz CT molecular complexity index is 1100. The summed E-state index contributed by atoms with van der Waals surface area (Å²) in [6.07, 6.45) is 2.40. The second-order valence-corrected chi connectivity index (χ2v) is 9.84. The third kappa shape index (κ3) is 4.87. The lowest BCUT2D eigenvalue weighted by atomic mass is 10.2. The molecule has 1 aliphatic carbocycles. The van der Waals surface area contributed by atoms with Crippen LogP contribution in [0, 0.1) is 5.92 Å². The topological polar surface area (TPSA) is 71.5 Å². The molecule has 2 fully saturated rings. The number of carbonyl (C=O) groups is 2. The lowest BCUT2D eigenvalue weighted by Gasteiger charge is -2.26. The molecule has 2 aromatic heterocycles. The number of aromatic nitrogens is 1. The maximum Gasteiger partial charge on any atom is 0.227 e. The summed E-state index contributed by atoms with van der Waals surface area (Å²) in [5.41, 5.74) is 2.72. The van der Waals surface area contributed by atoms with E-state index in [1.807, 2.05) is 46.7 Å². The molecule has 1 N–H and O–H groups in total. The number of nitrogens with one attached hydrogen (secondary N) is 1. The van der Waals surface area contributed by atoms with Crippen molar-refractivity contribution in [1.29, 1.82) is 0 Å². The number of amides is 2. The molecule has 0 spiro atoms. The van der Waals surface area contributed by atoms with Gasteiger partial charge in [0.05, 0.1) is 30.2 Å². The SMILES string of the molecule is O=C(Nc1cccc(-c2nc(-c3ccc(CC(=O)N4CCOCC4)s3)cs2)c1)C1CC1. The second kappa shape index (κ2) is 8.90. The Kier molecular flexibility index (Phi) is 5.85. The molecule has 3 heterocycles. The normalized spacial score (nSPS) is 16.3. The van der Waals surface area contributed by atoms with E-state index in [1.54, 1.807) is 22.7 Å². The van der Waals surface area contributed by atoms with Crippen molar-refractivity contribution in [3.05, 3.63) is 46.7 Å². The molecule has 0 unspecified atom stereocenters. The smallest absolute Gasteiger partial charge is 0.227 e. The Labute approximate surface area is 188 Å². The van der Waals surface area contributed by atoms with Gasteiger partial charge in [-0.25, -0.2) is 4.98 Å². The standard InChI is InChI=1S/C23H23N3O3S2/c27-21(26-8-10-29-11-9-26)13-18-6-7-20(31-18)19-14-30-23(25-19)16-2-1-3-17(12-16)24-22(28)15-4-5-15/h1-3,6-7,12,14-15H,4-5,8-11,13H2,(H,24,28). The minimum absolute atomic E-state index is 0.106. The van der Waals surface area contributed by atoms with E-state index in [9.17, 15) is 9.59 Å². The predicted octanol–water partition coefficient (Wildman–Crippen LogP) is 4.29. The van der Waals surface area contributed by atoms with Gasteiger partial charge in [0, 0.05) is 40.5 Å². The van der Waals surface area contributed by atoms with Gasteiger partial charge < -0.3 is 15.0 Å². The molecule has 5 rings (SSSR count). The van der Waals surface area contributed by atoms with Gasteiger partial charge >= 0.3 is 0 Å². The Morgan fingerprint density at radius 2 is 2.00 bits per heavy atom. The third-order valence-corrected chi connectivity index (χ3v) is 7.43. The van der Waals surface area contributed by atoms with E-state index in [0.29, 0.717) is 32.7 Å². The van der Waals surface area contributed by atoms with Gasteiger partial charge in [-0.05, 0) is 37.1 Å². The molecular formula is C23H23N3O3S2. The van der Waals surface area contributed by atoms with E-state index < -0.39 is 0 Å². The van der Waals surface area contributed by atoms with Crippen LogP contribution in [0.4, 0.5) is 5.69 Å². The van der Waals surface area contributed by atoms with Gasteiger partial charge in [0.25, 0.3) is 0 Å². The van der Waals surface area contributed by atoms with E-state index >= 15 is 0 Å². The summed E-state index contributed by atoms with van der Waals surface area (Å²) in [6, 6.07) is 11.9. The summed E-state index contributed by atoms with van der Waals surface area (Å²) in [4.78, 5) is 33.3. The zero-order valence-electron chi connectivity index (χ0n) is 17.0. The highest BCUT2D eigenvalue weighted by Gasteiger charge is 2.29. The summed E-state index contributed by atoms with van der Waals surface area (Å²) >= 11 is 3.20. The van der Waals surface area contributed by atoms with Crippen LogP contribution in [-0.4, -0.2) is 48.0 Å². The second-order valence-electron chi connectivity index (χ2n) is 7.82. The molecule has 31 heavy (non-hydrogen) atoms. The largest absolute Gasteiger partial charge is 0.378 e. The van der Waals surface area contributed by atoms with Crippen molar-refractivity contribution in [3.63, 3.8) is 0 Å². The first-order valence-corrected chi connectivity index (χ1v) is 12.2. The highest BCUT2D eigenvalue weighted by Crippen LogP contribution is 2.34. The van der Waals surface area contributed by atoms with E-state index in [0.717, 1.165) is 44.5 Å². The number of hydrogen-bond acceptors (Lipinski definition) is 6. The van der Waals surface area contributed by atoms with E-state index in [1.165, 1.54) is 0 Å². The van der Waals surface area contributed by atoms with Crippen molar-refractivity contribution in [3.8, 4) is 21.1 Å². The fourth-order valence-corrected chi connectivity index (χ4v) is 5.37. The van der Waals surface area contributed by atoms with Crippen molar-refractivity contribution < 1.29 is 14.3 Å². The molecule has 1 saturated carbocycles. The number of carbonyl (C=O) groups excluding carboxylic acids is 2. The monoisotopic (exact) mass is 453 g/mol. The quantitative estimate of drug-likeness (QED) is 0.604. The first-order chi connectivity index (χ1) is 15.2. The molecule has 160 valence electrons. The molecule has 0 atom stereocenters. The molecule has 2 amide bonds. The summed E-state index contributed by atoms with van der Waals surface area (Å²) < 4.78 is 5.32. The Hall–Kier alpha value is -2.55. The van der Waals surface area contributed by atoms with Crippen LogP contribution in [0.1, 0.15) is 17.7 Å². The number of ether oxygens (including phenoxy) is 1. The van der Waals surface area contributed by atoms with Gasteiger partial charge in [-0.2, -0.15) is 0 Å². The Morgan fingerprint density at radius 1 is 1.16 bits per heavy atom. The van der Waals surface area contributed by atoms with Crippen molar-refractivity contribution >= 4 is 40.2 Å². The summed E-state index contributed by atoms with van der Waals surface area (Å²) in [6.45, 7) is 2.59. The molecule has 8 heteroatoms. The first-order valence-electron chi connectivity index (χ1n) is 10.5. The number of hydrogen-bond donors (Lipinski definition) is 1. The number of thiazole rings is 1. The highest BCUT2D eigenvalue weighted by atomic mass is 32.1. The van der Waals surface area contributed by atoms with Crippen LogP contribution < -0.4 is 5.32 Å². The minimum atomic E-state index is 0.106. The molecule has 1 aliphatic heterocycles. The molecular weight excluding hydrogens is 430 g/mol. The van der Waals surface area contributed by atoms with Crippen LogP contribution in [0.25, 0.3) is 21.1 Å². The van der Waals surface area contributed by atoms with Crippen molar-refractivity contribution in [1.82, 2.24) is 9.88 Å². The predicted molar refractivity (Wildman–Crippen MR) is 123 cm³/mol. The zero-order chi connectivity index (χ0) is 21.2. The lowest BCUT2D eigenvalue weighted by molar-refractivity contribution is -0.134. The first kappa shape index (κ1) is 20.4. The molecule has 1 aromatic carbocycles. The minimum Gasteiger partial charge on any atom is -0.378 e. The van der Waals surface area contributed by atoms with E-state index in [4.69, 9.17) is 9.72 Å². The van der Waals surface area contributed by atoms with Gasteiger partial charge in [-0.1, -0.05) is 12.1 Å². The average molecular weight is 454 g/mol. The molecule has 0 bridgehead atoms. The fourth-order valence-electron chi connectivity index (χ4n) is 3.52. The van der Waals surface area contributed by atoms with Crippen LogP contribution in [0.3, 0.4) is 0 Å². The van der Waals surface area contributed by atoms with Gasteiger partial charge in [-0.15, -0.1) is 22.7 Å². The number of rotatable bonds is 6. The van der Waals surface area contributed by atoms with E-state index in [-0.39, 0.29) is 17.7 Å². The summed E-state index contributed by atoms with van der Waals surface area (Å²) in [5.74, 6) is 0.439. The number of thiophene rings is 1. The van der Waals surface area contributed by atoms with Gasteiger partial charge in [0.15, 0.2) is 0 Å². The molecule has 6 nitrogen and oxygen atoms in total. The molecule has 3 aromatic rings. The van der Waals surface area contributed by atoms with Crippen LogP contribution in [0.15, 0.2) is 41.8 Å². The van der Waals surface area contributed by atoms with Gasteiger partial charge in [-0.3, -0.25) is 9.59 Å². The number of anilines is 1. The summed E-state index contributed by atoms with van der Waals surface area (Å²) in [7, 11) is 0. The highest BCUT2D eigenvalue weighted by molar-refractivity contribution is 7.16. The van der Waals surface area contributed by atoms with Crippen LogP contribution in [-0.2, 0) is 20.7 Å². The summed E-state index contributed by atoms with van der Waals surface area (Å²) in [5, 5.41) is 5.96. The fraction of sp³-hybridized carbons (Fsp3) is 0.348. The van der Waals surface area contributed by atoms with Gasteiger partial charge in [0.2, 0.25) is 11.8 Å². The maximum atomic E-state index is 12.5. The van der Waals surface area contributed by atoms with Crippen LogP contribution in [0.5, 0.6) is 0 Å². The van der Waals surface area contributed by atoms with Crippen LogP contribution >= 0.6 is 22.7 Å². The van der Waals surface area contributed by atoms with Gasteiger partial charge in [0.1, 0.15) is 5.01 Å². The number of benzene rings is 1. The maximum absolute atomic E-state index is 12.5. The van der Waals surface area contributed by atoms with Crippen molar-refractivity contribution in [2.24, 2.45) is 5.92 Å². The zero-order valence-corrected chi connectivity index (χ0v) is 18.6. The third-order valence-electron chi connectivity index (χ3n) is 5.43. The van der Waals surface area contributed by atoms with Crippen molar-refractivity contribution in [2.45, 2.75) is 19.3 Å². The van der Waals surface area contributed by atoms with Crippen molar-refractivity contribution in [2.75, 3.05) is 31.6 Å². The number of morpholine rings is 1. The lowest BCUT2D eigenvalue weighted by Crippen LogP contribution is -2.41. The molecule has 2 aliphatic rings. The number of nitrogens with zero attached hydrogens (tertiary/aromatic N) is 2. The van der Waals surface area contributed by atoms with Crippen LogP contribution in [0.2, 0.25) is 0 Å². The molecule has 0 radical (unpaired) electrons. The molecule has 1 saturated heterocycles. The Morgan fingerprint density at radius 3 is 2.81 bits per heavy atom. The van der Waals surface area contributed by atoms with E-state index in [2.05, 4.69) is 5.32 Å².